The van der Waals surface area contributed by atoms with Gasteiger partial charge >= 0.3 is 0 Å². The average molecular weight is 778 g/mol. The van der Waals surface area contributed by atoms with Crippen LogP contribution < -0.4 is 4.90 Å². The van der Waals surface area contributed by atoms with Gasteiger partial charge < -0.3 is 9.32 Å². The quantitative estimate of drug-likeness (QED) is 0.160. The topological polar surface area (TPSA) is 16.4 Å². The molecule has 0 radical (unpaired) electrons. The highest BCUT2D eigenvalue weighted by Gasteiger charge is 2.46. The molecule has 0 atom stereocenters. The molecule has 0 spiro atoms. The Morgan fingerprint density at radius 1 is 0.344 bits per heavy atom. The molecule has 1 aliphatic rings. The maximum absolute atomic E-state index is 6.87. The maximum Gasteiger partial charge on any atom is 0.143 e. The van der Waals surface area contributed by atoms with Crippen LogP contribution in [0.15, 0.2) is 241 Å². The van der Waals surface area contributed by atoms with Crippen LogP contribution in [0.3, 0.4) is 0 Å². The van der Waals surface area contributed by atoms with Gasteiger partial charge in [-0.2, -0.15) is 0 Å². The van der Waals surface area contributed by atoms with Crippen molar-refractivity contribution in [2.45, 2.75) is 5.41 Å². The van der Waals surface area contributed by atoms with Crippen LogP contribution in [0, 0.1) is 0 Å². The maximum atomic E-state index is 6.87. The van der Waals surface area contributed by atoms with Crippen LogP contribution >= 0.6 is 0 Å². The second kappa shape index (κ2) is 14.1. The minimum atomic E-state index is -0.549. The number of fused-ring (bicyclic) bond motifs is 8. The van der Waals surface area contributed by atoms with Gasteiger partial charge in [0, 0.05) is 32.8 Å². The van der Waals surface area contributed by atoms with Crippen LogP contribution in [0.4, 0.5) is 17.1 Å². The third-order valence-corrected chi connectivity index (χ3v) is 12.7. The first-order chi connectivity index (χ1) is 30.3. The summed E-state index contributed by atoms with van der Waals surface area (Å²) in [6, 6.07) is 86.0. The van der Waals surface area contributed by atoms with E-state index in [4.69, 9.17) is 4.42 Å². The van der Waals surface area contributed by atoms with Crippen molar-refractivity contribution < 1.29 is 4.42 Å². The van der Waals surface area contributed by atoms with Gasteiger partial charge in [0.05, 0.1) is 16.8 Å². The SMILES string of the molecule is c1ccc(-c2ccccc2N(c2ccc3c(c2)C(c2ccccc2)(c2ccccc2)c2ccccc2-3)c2cc3c(oc4cccc(-c5ccccc5)c43)c3ccccc23)cc1. The molecule has 0 saturated carbocycles. The van der Waals surface area contributed by atoms with Gasteiger partial charge in [0.25, 0.3) is 0 Å². The van der Waals surface area contributed by atoms with Gasteiger partial charge in [0.1, 0.15) is 11.2 Å². The molecule has 0 N–H and O–H groups in total. The predicted molar refractivity (Wildman–Crippen MR) is 254 cm³/mol. The molecule has 1 heterocycles. The van der Waals surface area contributed by atoms with Crippen LogP contribution in [-0.4, -0.2) is 0 Å². The van der Waals surface area contributed by atoms with E-state index in [0.717, 1.165) is 72.0 Å². The summed E-state index contributed by atoms with van der Waals surface area (Å²) in [6.45, 7) is 0. The number of nitrogens with zero attached hydrogens (tertiary/aromatic N) is 1. The Bertz CT molecular complexity index is 3370. The molecule has 0 amide bonds. The lowest BCUT2D eigenvalue weighted by Crippen LogP contribution is -2.28. The summed E-state index contributed by atoms with van der Waals surface area (Å²) >= 11 is 0. The first-order valence-corrected chi connectivity index (χ1v) is 21.0. The van der Waals surface area contributed by atoms with Crippen molar-refractivity contribution in [1.82, 2.24) is 0 Å². The fraction of sp³-hybridized carbons (Fsp3) is 0.0169. The van der Waals surface area contributed by atoms with Crippen molar-refractivity contribution in [1.29, 1.82) is 0 Å². The molecule has 1 aromatic heterocycles. The summed E-state index contributed by atoms with van der Waals surface area (Å²) in [7, 11) is 0. The second-order valence-electron chi connectivity index (χ2n) is 15.9. The number of benzene rings is 10. The van der Waals surface area contributed by atoms with Gasteiger partial charge in [0.2, 0.25) is 0 Å². The number of hydrogen-bond donors (Lipinski definition) is 0. The Hall–Kier alpha value is -7.94. The molecule has 11 aromatic rings. The molecular weight excluding hydrogens is 739 g/mol. The summed E-state index contributed by atoms with van der Waals surface area (Å²) in [5.74, 6) is 0. The Balaban J connectivity index is 1.20. The smallest absolute Gasteiger partial charge is 0.143 e. The molecule has 0 unspecified atom stereocenters. The van der Waals surface area contributed by atoms with E-state index >= 15 is 0 Å². The normalized spacial score (nSPS) is 12.7. The minimum absolute atomic E-state index is 0.549. The summed E-state index contributed by atoms with van der Waals surface area (Å²) in [5.41, 5.74) is 16.6. The van der Waals surface area contributed by atoms with E-state index in [9.17, 15) is 0 Å². The van der Waals surface area contributed by atoms with Crippen LogP contribution in [0.1, 0.15) is 22.3 Å². The van der Waals surface area contributed by atoms with E-state index in [0.29, 0.717) is 0 Å². The molecule has 10 aromatic carbocycles. The standard InChI is InChI=1S/C59H39NO/c1-5-20-40(21-6-1)45-28-16-18-34-54(45)60(55-39-51-57-46(41-22-7-2-8-23-41)32-19-35-56(57)61-58(51)50-31-14-13-30-49(50)55)44-36-37-48-47-29-15-17-33-52(47)59(53(48)38-44,42-24-9-3-10-25-42)43-26-11-4-12-27-43/h1-39H. The van der Waals surface area contributed by atoms with Crippen molar-refractivity contribution in [2.75, 3.05) is 4.90 Å². The molecular formula is C59H39NO. The van der Waals surface area contributed by atoms with E-state index in [1.165, 1.54) is 33.4 Å². The molecule has 286 valence electrons. The average Bonchev–Trinajstić information content (AvgIpc) is 3.87. The first kappa shape index (κ1) is 35.0. The Morgan fingerprint density at radius 2 is 0.885 bits per heavy atom. The van der Waals surface area contributed by atoms with Gasteiger partial charge in [-0.3, -0.25) is 0 Å². The summed E-state index contributed by atoms with van der Waals surface area (Å²) < 4.78 is 6.87. The summed E-state index contributed by atoms with van der Waals surface area (Å²) in [6.07, 6.45) is 0. The first-order valence-electron chi connectivity index (χ1n) is 21.0. The summed E-state index contributed by atoms with van der Waals surface area (Å²) in [4.78, 5) is 2.50. The fourth-order valence-electron chi connectivity index (χ4n) is 10.2. The summed E-state index contributed by atoms with van der Waals surface area (Å²) in [5, 5.41) is 4.38. The molecule has 0 saturated heterocycles. The van der Waals surface area contributed by atoms with Crippen molar-refractivity contribution >= 4 is 49.8 Å². The van der Waals surface area contributed by atoms with Gasteiger partial charge in [-0.1, -0.05) is 206 Å². The molecule has 0 fully saturated rings. The molecule has 2 nitrogen and oxygen atoms in total. The Morgan fingerprint density at radius 3 is 1.59 bits per heavy atom. The lowest BCUT2D eigenvalue weighted by atomic mass is 9.67. The highest BCUT2D eigenvalue weighted by atomic mass is 16.3. The molecule has 61 heavy (non-hydrogen) atoms. The number of para-hydroxylation sites is 1. The van der Waals surface area contributed by atoms with E-state index in [2.05, 4.69) is 241 Å². The van der Waals surface area contributed by atoms with E-state index in [1.54, 1.807) is 0 Å². The Labute approximate surface area is 355 Å². The van der Waals surface area contributed by atoms with E-state index in [-0.39, 0.29) is 0 Å². The van der Waals surface area contributed by atoms with Gasteiger partial charge in [-0.25, -0.2) is 0 Å². The Kier molecular flexibility index (Phi) is 8.11. The van der Waals surface area contributed by atoms with Crippen LogP contribution in [-0.2, 0) is 5.41 Å². The van der Waals surface area contributed by atoms with Crippen molar-refractivity contribution in [3.63, 3.8) is 0 Å². The monoisotopic (exact) mass is 777 g/mol. The zero-order chi connectivity index (χ0) is 40.3. The molecule has 2 heteroatoms. The third-order valence-electron chi connectivity index (χ3n) is 12.7. The minimum Gasteiger partial charge on any atom is -0.455 e. The van der Waals surface area contributed by atoms with E-state index < -0.39 is 5.41 Å². The van der Waals surface area contributed by atoms with Crippen molar-refractivity contribution in [3.8, 4) is 33.4 Å². The number of rotatable bonds is 7. The third kappa shape index (κ3) is 5.36. The molecule has 1 aliphatic carbocycles. The molecule has 0 bridgehead atoms. The van der Waals surface area contributed by atoms with Gasteiger partial charge in [0.15, 0.2) is 0 Å². The lowest BCUT2D eigenvalue weighted by molar-refractivity contribution is 0.673. The number of anilines is 3. The number of hydrogen-bond acceptors (Lipinski definition) is 2. The fourth-order valence-corrected chi connectivity index (χ4v) is 10.2. The van der Waals surface area contributed by atoms with E-state index in [1.807, 2.05) is 0 Å². The largest absolute Gasteiger partial charge is 0.455 e. The highest BCUT2D eigenvalue weighted by molar-refractivity contribution is 6.22. The zero-order valence-corrected chi connectivity index (χ0v) is 33.4. The van der Waals surface area contributed by atoms with Crippen LogP contribution in [0.2, 0.25) is 0 Å². The lowest BCUT2D eigenvalue weighted by Gasteiger charge is -2.35. The predicted octanol–water partition coefficient (Wildman–Crippen LogP) is 15.9. The highest BCUT2D eigenvalue weighted by Crippen LogP contribution is 2.58. The van der Waals surface area contributed by atoms with Crippen molar-refractivity contribution in [3.05, 3.63) is 259 Å². The van der Waals surface area contributed by atoms with Gasteiger partial charge in [-0.05, 0) is 80.4 Å². The second-order valence-corrected chi connectivity index (χ2v) is 15.9. The van der Waals surface area contributed by atoms with Gasteiger partial charge in [-0.15, -0.1) is 0 Å². The van der Waals surface area contributed by atoms with Crippen molar-refractivity contribution in [2.24, 2.45) is 0 Å². The zero-order valence-electron chi connectivity index (χ0n) is 33.4. The molecule has 0 aliphatic heterocycles. The molecule has 12 rings (SSSR count). The van der Waals surface area contributed by atoms with Crippen LogP contribution in [0.5, 0.6) is 0 Å². The number of furan rings is 1. The van der Waals surface area contributed by atoms with Crippen LogP contribution in [0.25, 0.3) is 66.1 Å².